The highest BCUT2D eigenvalue weighted by molar-refractivity contribution is 6.42. The lowest BCUT2D eigenvalue weighted by Gasteiger charge is -2.45. The van der Waals surface area contributed by atoms with E-state index in [2.05, 4.69) is 38.0 Å². The summed E-state index contributed by atoms with van der Waals surface area (Å²) >= 11 is 18.4. The van der Waals surface area contributed by atoms with Crippen molar-refractivity contribution >= 4 is 58.2 Å². The Hall–Kier alpha value is -2.19. The van der Waals surface area contributed by atoms with Crippen molar-refractivity contribution in [3.05, 3.63) is 62.1 Å². The molecule has 0 saturated carbocycles. The van der Waals surface area contributed by atoms with Crippen molar-refractivity contribution in [2.24, 2.45) is 0 Å². The predicted octanol–water partition coefficient (Wildman–Crippen LogP) is 6.91. The summed E-state index contributed by atoms with van der Waals surface area (Å²) in [6.45, 7) is 6.59. The lowest BCUT2D eigenvalue weighted by Crippen LogP contribution is -2.45. The zero-order valence-corrected chi connectivity index (χ0v) is 19.5. The Morgan fingerprint density at radius 2 is 1.90 bits per heavy atom. The SMILES string of the molecule is CC1CC(C)(C)N(C)c2cc(Cl)c(/C=C(\C#N)C(=O)Nc3ccc(Cl)c(Cl)c3)cc21. The van der Waals surface area contributed by atoms with Gasteiger partial charge in [-0.25, -0.2) is 0 Å². The van der Waals surface area contributed by atoms with E-state index in [-0.39, 0.29) is 11.1 Å². The molecule has 30 heavy (non-hydrogen) atoms. The van der Waals surface area contributed by atoms with E-state index in [0.29, 0.717) is 32.2 Å². The Morgan fingerprint density at radius 1 is 1.20 bits per heavy atom. The minimum Gasteiger partial charge on any atom is -0.369 e. The highest BCUT2D eigenvalue weighted by atomic mass is 35.5. The first-order valence-corrected chi connectivity index (χ1v) is 10.6. The lowest BCUT2D eigenvalue weighted by atomic mass is 9.80. The van der Waals surface area contributed by atoms with Gasteiger partial charge in [0, 0.05) is 29.0 Å². The minimum absolute atomic E-state index is 0.0185. The van der Waals surface area contributed by atoms with Crippen LogP contribution in [0, 0.1) is 11.3 Å². The predicted molar refractivity (Wildman–Crippen MR) is 126 cm³/mol. The number of hydrogen-bond donors (Lipinski definition) is 1. The number of benzene rings is 2. The average Bonchev–Trinajstić information content (AvgIpc) is 2.67. The molecular formula is C23H22Cl3N3O. The van der Waals surface area contributed by atoms with Crippen molar-refractivity contribution in [1.82, 2.24) is 0 Å². The monoisotopic (exact) mass is 461 g/mol. The molecule has 1 aliphatic rings. The van der Waals surface area contributed by atoms with Gasteiger partial charge in [-0.1, -0.05) is 41.7 Å². The fourth-order valence-electron chi connectivity index (χ4n) is 3.79. The number of fused-ring (bicyclic) bond motifs is 1. The number of hydrogen-bond acceptors (Lipinski definition) is 3. The maximum Gasteiger partial charge on any atom is 0.266 e. The fraction of sp³-hybridized carbons (Fsp3) is 0.304. The number of halogens is 3. The van der Waals surface area contributed by atoms with Gasteiger partial charge in [0.2, 0.25) is 0 Å². The molecular weight excluding hydrogens is 441 g/mol. The van der Waals surface area contributed by atoms with Crippen molar-refractivity contribution in [2.45, 2.75) is 38.6 Å². The maximum absolute atomic E-state index is 12.6. The standard InChI is InChI=1S/C23H22Cl3N3O/c1-13-11-23(2,3)29(4)21-10-19(25)14(8-17(13)21)7-15(12-27)22(30)28-16-5-6-18(24)20(26)9-16/h5-10,13H,11H2,1-4H3,(H,28,30)/b15-7+. The Kier molecular flexibility index (Phi) is 6.38. The molecule has 0 fully saturated rings. The first-order chi connectivity index (χ1) is 14.0. The second kappa shape index (κ2) is 8.51. The van der Waals surface area contributed by atoms with Crippen LogP contribution in [0.4, 0.5) is 11.4 Å². The van der Waals surface area contributed by atoms with Crippen molar-refractivity contribution in [3.8, 4) is 6.07 Å². The summed E-state index contributed by atoms with van der Waals surface area (Å²) in [5, 5.41) is 13.4. The number of nitriles is 1. The zero-order chi connectivity index (χ0) is 22.2. The largest absolute Gasteiger partial charge is 0.369 e. The van der Waals surface area contributed by atoms with Crippen molar-refractivity contribution < 1.29 is 4.79 Å². The number of nitrogens with one attached hydrogen (secondary N) is 1. The Morgan fingerprint density at radius 3 is 2.53 bits per heavy atom. The highest BCUT2D eigenvalue weighted by Gasteiger charge is 2.34. The number of anilines is 2. The van der Waals surface area contributed by atoms with E-state index in [4.69, 9.17) is 34.8 Å². The molecule has 2 aromatic carbocycles. The van der Waals surface area contributed by atoms with Crippen LogP contribution in [0.1, 0.15) is 44.2 Å². The molecule has 156 valence electrons. The fourth-order valence-corrected chi connectivity index (χ4v) is 4.30. The number of carbonyl (C=O) groups excluding carboxylic acids is 1. The summed E-state index contributed by atoms with van der Waals surface area (Å²) in [7, 11) is 2.06. The number of nitrogens with zero attached hydrogens (tertiary/aromatic N) is 2. The molecule has 0 aromatic heterocycles. The number of carbonyl (C=O) groups is 1. The van der Waals surface area contributed by atoms with Crippen LogP contribution >= 0.6 is 34.8 Å². The van der Waals surface area contributed by atoms with E-state index >= 15 is 0 Å². The Labute approximate surface area is 192 Å². The molecule has 1 amide bonds. The minimum atomic E-state index is -0.545. The molecule has 1 heterocycles. The van der Waals surface area contributed by atoms with Gasteiger partial charge in [0.25, 0.3) is 5.91 Å². The van der Waals surface area contributed by atoms with Gasteiger partial charge in [-0.05, 0) is 73.7 Å². The van der Waals surface area contributed by atoms with Gasteiger partial charge in [0.15, 0.2) is 0 Å². The third-order valence-electron chi connectivity index (χ3n) is 5.59. The summed E-state index contributed by atoms with van der Waals surface area (Å²) in [4.78, 5) is 14.8. The number of rotatable bonds is 3. The molecule has 0 aliphatic carbocycles. The van der Waals surface area contributed by atoms with Crippen molar-refractivity contribution in [3.63, 3.8) is 0 Å². The van der Waals surface area contributed by atoms with Gasteiger partial charge in [0.05, 0.1) is 10.0 Å². The smallest absolute Gasteiger partial charge is 0.266 e. The van der Waals surface area contributed by atoms with Gasteiger partial charge in [-0.15, -0.1) is 0 Å². The van der Waals surface area contributed by atoms with E-state index in [1.54, 1.807) is 12.1 Å². The molecule has 1 aliphatic heterocycles. The first-order valence-electron chi connectivity index (χ1n) is 9.49. The quantitative estimate of drug-likeness (QED) is 0.398. The van der Waals surface area contributed by atoms with Crippen LogP contribution in [0.15, 0.2) is 35.9 Å². The summed E-state index contributed by atoms with van der Waals surface area (Å²) in [5.41, 5.74) is 3.26. The average molecular weight is 463 g/mol. The van der Waals surface area contributed by atoms with E-state index < -0.39 is 5.91 Å². The molecule has 1 atom stereocenters. The summed E-state index contributed by atoms with van der Waals surface area (Å²) < 4.78 is 0. The Bertz CT molecular complexity index is 1090. The van der Waals surface area contributed by atoms with E-state index in [1.807, 2.05) is 18.2 Å². The molecule has 4 nitrogen and oxygen atoms in total. The molecule has 0 bridgehead atoms. The topological polar surface area (TPSA) is 56.1 Å². The van der Waals surface area contributed by atoms with Gasteiger partial charge in [-0.3, -0.25) is 4.79 Å². The molecule has 1 N–H and O–H groups in total. The maximum atomic E-state index is 12.6. The first kappa shape index (κ1) is 22.5. The van der Waals surface area contributed by atoms with E-state index in [0.717, 1.165) is 17.7 Å². The van der Waals surface area contributed by atoms with Crippen LogP contribution in [-0.4, -0.2) is 18.5 Å². The second-order valence-electron chi connectivity index (χ2n) is 8.16. The van der Waals surface area contributed by atoms with Crippen LogP contribution in [0.25, 0.3) is 6.08 Å². The third kappa shape index (κ3) is 4.44. The van der Waals surface area contributed by atoms with Crippen molar-refractivity contribution in [2.75, 3.05) is 17.3 Å². The Balaban J connectivity index is 1.94. The van der Waals surface area contributed by atoms with Crippen molar-refractivity contribution in [1.29, 1.82) is 5.26 Å². The summed E-state index contributed by atoms with van der Waals surface area (Å²) in [6.07, 6.45) is 2.51. The van der Waals surface area contributed by atoms with E-state index in [9.17, 15) is 10.1 Å². The van der Waals surface area contributed by atoms with Crippen LogP contribution in [0.5, 0.6) is 0 Å². The van der Waals surface area contributed by atoms with Gasteiger partial charge < -0.3 is 10.2 Å². The van der Waals surface area contributed by atoms with Crippen LogP contribution in [0.3, 0.4) is 0 Å². The van der Waals surface area contributed by atoms with Crippen LogP contribution in [0.2, 0.25) is 15.1 Å². The van der Waals surface area contributed by atoms with Gasteiger partial charge in [0.1, 0.15) is 11.6 Å². The normalized spacial score (nSPS) is 17.9. The molecule has 7 heteroatoms. The van der Waals surface area contributed by atoms with Gasteiger partial charge >= 0.3 is 0 Å². The molecule has 1 unspecified atom stereocenters. The van der Waals surface area contributed by atoms with E-state index in [1.165, 1.54) is 12.1 Å². The molecule has 0 radical (unpaired) electrons. The summed E-state index contributed by atoms with van der Waals surface area (Å²) in [6, 6.07) is 10.6. The third-order valence-corrected chi connectivity index (χ3v) is 6.66. The molecule has 0 saturated heterocycles. The molecule has 3 rings (SSSR count). The second-order valence-corrected chi connectivity index (χ2v) is 9.38. The lowest BCUT2D eigenvalue weighted by molar-refractivity contribution is -0.112. The van der Waals surface area contributed by atoms with Crippen LogP contribution in [-0.2, 0) is 4.79 Å². The van der Waals surface area contributed by atoms with Crippen LogP contribution < -0.4 is 10.2 Å². The number of amides is 1. The highest BCUT2D eigenvalue weighted by Crippen LogP contribution is 2.44. The summed E-state index contributed by atoms with van der Waals surface area (Å²) in [5.74, 6) is -0.220. The molecule has 0 spiro atoms. The van der Waals surface area contributed by atoms with Gasteiger partial charge in [-0.2, -0.15) is 5.26 Å². The zero-order valence-electron chi connectivity index (χ0n) is 17.2. The molecule has 2 aromatic rings.